The van der Waals surface area contributed by atoms with Gasteiger partial charge in [0.1, 0.15) is 0 Å². The van der Waals surface area contributed by atoms with Gasteiger partial charge in [0.2, 0.25) is 5.91 Å². The molecule has 1 amide bonds. The molecule has 0 spiro atoms. The Labute approximate surface area is 139 Å². The third-order valence-electron chi connectivity index (χ3n) is 3.07. The molecule has 2 aromatic rings. The summed E-state index contributed by atoms with van der Waals surface area (Å²) < 4.78 is 0. The number of carbonyl (C=O) groups excluding carboxylic acids is 1. The van der Waals surface area contributed by atoms with Crippen LogP contribution in [0.5, 0.6) is 0 Å². The minimum Gasteiger partial charge on any atom is -0.388 e. The van der Waals surface area contributed by atoms with Gasteiger partial charge in [-0.25, -0.2) is 0 Å². The highest BCUT2D eigenvalue weighted by molar-refractivity contribution is 7.99. The largest absolute Gasteiger partial charge is 0.388 e. The number of rotatable bonds is 7. The Morgan fingerprint density at radius 3 is 2.68 bits per heavy atom. The fourth-order valence-electron chi connectivity index (χ4n) is 1.93. The molecule has 0 aliphatic carbocycles. The van der Waals surface area contributed by atoms with Gasteiger partial charge in [-0.3, -0.25) is 4.79 Å². The van der Waals surface area contributed by atoms with Gasteiger partial charge in [-0.2, -0.15) is 0 Å². The second kappa shape index (κ2) is 8.83. The van der Waals surface area contributed by atoms with Gasteiger partial charge in [0.25, 0.3) is 0 Å². The fraction of sp³-hybridized carbons (Fsp3) is 0.235. The van der Waals surface area contributed by atoms with E-state index in [1.165, 1.54) is 11.8 Å². The number of halogens is 1. The molecule has 0 heterocycles. The van der Waals surface area contributed by atoms with Crippen LogP contribution in [-0.2, 0) is 11.3 Å². The van der Waals surface area contributed by atoms with Crippen LogP contribution in [0.2, 0.25) is 5.02 Å². The molecular weight excluding hydrogens is 318 g/mol. The molecular formula is C17H18ClNO2S. The zero-order valence-electron chi connectivity index (χ0n) is 12.0. The van der Waals surface area contributed by atoms with E-state index < -0.39 is 6.10 Å². The molecule has 0 saturated heterocycles. The molecule has 0 fully saturated rings. The molecule has 0 aromatic heterocycles. The van der Waals surface area contributed by atoms with Crippen molar-refractivity contribution >= 4 is 29.3 Å². The number of aliphatic hydroxyl groups excluding tert-OH is 1. The van der Waals surface area contributed by atoms with Crippen LogP contribution >= 0.6 is 23.4 Å². The van der Waals surface area contributed by atoms with Gasteiger partial charge in [0.15, 0.2) is 0 Å². The normalized spacial score (nSPS) is 11.9. The molecule has 1 atom stereocenters. The Bertz CT molecular complexity index is 607. The van der Waals surface area contributed by atoms with Crippen molar-refractivity contribution < 1.29 is 9.90 Å². The van der Waals surface area contributed by atoms with Crippen LogP contribution in [0.4, 0.5) is 0 Å². The monoisotopic (exact) mass is 335 g/mol. The Morgan fingerprint density at radius 1 is 1.18 bits per heavy atom. The highest BCUT2D eigenvalue weighted by atomic mass is 35.5. The van der Waals surface area contributed by atoms with E-state index in [0.29, 0.717) is 23.1 Å². The summed E-state index contributed by atoms with van der Waals surface area (Å²) in [4.78, 5) is 11.8. The number of thioether (sulfide) groups is 1. The van der Waals surface area contributed by atoms with E-state index in [4.69, 9.17) is 11.6 Å². The van der Waals surface area contributed by atoms with Crippen molar-refractivity contribution in [3.63, 3.8) is 0 Å². The quantitative estimate of drug-likeness (QED) is 0.815. The molecule has 3 nitrogen and oxygen atoms in total. The number of hydrogen-bond acceptors (Lipinski definition) is 3. The van der Waals surface area contributed by atoms with Gasteiger partial charge in [-0.15, -0.1) is 11.8 Å². The summed E-state index contributed by atoms with van der Waals surface area (Å²) in [6.45, 7) is 0.460. The van der Waals surface area contributed by atoms with Crippen LogP contribution in [0.25, 0.3) is 0 Å². The lowest BCUT2D eigenvalue weighted by molar-refractivity contribution is -0.118. The van der Waals surface area contributed by atoms with Crippen molar-refractivity contribution in [3.8, 4) is 0 Å². The van der Waals surface area contributed by atoms with Crippen molar-refractivity contribution in [1.29, 1.82) is 0 Å². The predicted molar refractivity (Wildman–Crippen MR) is 92.0 cm³/mol. The van der Waals surface area contributed by atoms with Gasteiger partial charge in [-0.1, -0.05) is 54.1 Å². The predicted octanol–water partition coefficient (Wildman–Crippen LogP) is 3.42. The van der Waals surface area contributed by atoms with Crippen LogP contribution < -0.4 is 5.32 Å². The molecule has 5 heteroatoms. The first-order chi connectivity index (χ1) is 10.6. The van der Waals surface area contributed by atoms with Crippen molar-refractivity contribution in [3.05, 3.63) is 70.7 Å². The summed E-state index contributed by atoms with van der Waals surface area (Å²) in [5, 5.41) is 13.5. The maximum absolute atomic E-state index is 11.8. The topological polar surface area (TPSA) is 49.3 Å². The Morgan fingerprint density at radius 2 is 1.95 bits per heavy atom. The molecule has 2 aromatic carbocycles. The molecule has 0 radical (unpaired) electrons. The highest BCUT2D eigenvalue weighted by Gasteiger charge is 2.08. The molecule has 2 N–H and O–H groups in total. The number of carbonyl (C=O) groups is 1. The summed E-state index contributed by atoms with van der Waals surface area (Å²) in [6.07, 6.45) is -0.549. The summed E-state index contributed by atoms with van der Waals surface area (Å²) in [7, 11) is 0. The highest BCUT2D eigenvalue weighted by Crippen LogP contribution is 2.17. The Hall–Kier alpha value is -1.49. The lowest BCUT2D eigenvalue weighted by Gasteiger charge is -2.10. The molecule has 0 aliphatic heterocycles. The molecule has 2 rings (SSSR count). The second-order valence-electron chi connectivity index (χ2n) is 4.85. The SMILES string of the molecule is O=C(CSC[C@H](O)c1ccccc1)NCc1cccc(Cl)c1. The third-order valence-corrected chi connectivity index (χ3v) is 4.32. The van der Waals surface area contributed by atoms with Crippen LogP contribution in [-0.4, -0.2) is 22.5 Å². The van der Waals surface area contributed by atoms with Crippen molar-refractivity contribution in [2.75, 3.05) is 11.5 Å². The lowest BCUT2D eigenvalue weighted by atomic mass is 10.1. The average molecular weight is 336 g/mol. The van der Waals surface area contributed by atoms with Gasteiger partial charge >= 0.3 is 0 Å². The average Bonchev–Trinajstić information content (AvgIpc) is 2.54. The van der Waals surface area contributed by atoms with E-state index in [2.05, 4.69) is 5.32 Å². The molecule has 0 aliphatic rings. The Kier molecular flexibility index (Phi) is 6.77. The van der Waals surface area contributed by atoms with E-state index in [-0.39, 0.29) is 5.91 Å². The molecule has 0 bridgehead atoms. The summed E-state index contributed by atoms with van der Waals surface area (Å²) in [5.74, 6) is 0.768. The van der Waals surface area contributed by atoms with Crippen LogP contribution in [0.3, 0.4) is 0 Å². The van der Waals surface area contributed by atoms with Crippen LogP contribution in [0.15, 0.2) is 54.6 Å². The van der Waals surface area contributed by atoms with Gasteiger partial charge in [0.05, 0.1) is 11.9 Å². The fourth-order valence-corrected chi connectivity index (χ4v) is 2.97. The zero-order valence-corrected chi connectivity index (χ0v) is 13.6. The first-order valence-corrected chi connectivity index (χ1v) is 8.50. The standard InChI is InChI=1S/C17H18ClNO2S/c18-15-8-4-5-13(9-15)10-19-17(21)12-22-11-16(20)14-6-2-1-3-7-14/h1-9,16,20H,10-12H2,(H,19,21)/t16-/m0/s1. The number of benzene rings is 2. The van der Waals surface area contributed by atoms with Crippen LogP contribution in [0, 0.1) is 0 Å². The smallest absolute Gasteiger partial charge is 0.230 e. The van der Waals surface area contributed by atoms with E-state index in [9.17, 15) is 9.90 Å². The van der Waals surface area contributed by atoms with E-state index in [1.807, 2.05) is 48.5 Å². The van der Waals surface area contributed by atoms with Crippen molar-refractivity contribution in [1.82, 2.24) is 5.32 Å². The maximum atomic E-state index is 11.8. The first-order valence-electron chi connectivity index (χ1n) is 6.97. The van der Waals surface area contributed by atoms with Gasteiger partial charge in [0, 0.05) is 17.3 Å². The number of amides is 1. The number of nitrogens with one attached hydrogen (secondary N) is 1. The first kappa shape index (κ1) is 16.9. The molecule has 0 unspecified atom stereocenters. The van der Waals surface area contributed by atoms with E-state index >= 15 is 0 Å². The zero-order chi connectivity index (χ0) is 15.8. The molecule has 22 heavy (non-hydrogen) atoms. The second-order valence-corrected chi connectivity index (χ2v) is 6.31. The summed E-state index contributed by atoms with van der Waals surface area (Å²) in [6, 6.07) is 16.8. The van der Waals surface area contributed by atoms with Crippen molar-refractivity contribution in [2.24, 2.45) is 0 Å². The summed E-state index contributed by atoms with van der Waals surface area (Å²) >= 11 is 7.31. The Balaban J connectivity index is 1.68. The number of hydrogen-bond donors (Lipinski definition) is 2. The maximum Gasteiger partial charge on any atom is 0.230 e. The van der Waals surface area contributed by atoms with Crippen molar-refractivity contribution in [2.45, 2.75) is 12.6 Å². The lowest BCUT2D eigenvalue weighted by Crippen LogP contribution is -2.25. The van der Waals surface area contributed by atoms with E-state index in [1.54, 1.807) is 6.07 Å². The van der Waals surface area contributed by atoms with Gasteiger partial charge in [-0.05, 0) is 23.3 Å². The molecule has 116 valence electrons. The third kappa shape index (κ3) is 5.72. The minimum atomic E-state index is -0.549. The summed E-state index contributed by atoms with van der Waals surface area (Å²) in [5.41, 5.74) is 1.84. The molecule has 0 saturated carbocycles. The number of aliphatic hydroxyl groups is 1. The van der Waals surface area contributed by atoms with E-state index in [0.717, 1.165) is 11.1 Å². The van der Waals surface area contributed by atoms with Gasteiger partial charge < -0.3 is 10.4 Å². The minimum absolute atomic E-state index is 0.0507. The van der Waals surface area contributed by atoms with Crippen LogP contribution in [0.1, 0.15) is 17.2 Å².